The van der Waals surface area contributed by atoms with E-state index in [1.165, 1.54) is 126 Å². The van der Waals surface area contributed by atoms with E-state index in [2.05, 4.69) is 243 Å². The van der Waals surface area contributed by atoms with Crippen LogP contribution in [-0.4, -0.2) is 0 Å². The van der Waals surface area contributed by atoms with Gasteiger partial charge in [0.2, 0.25) is 0 Å². The molecule has 0 aliphatic heterocycles. The molecule has 0 fully saturated rings. The Labute approximate surface area is 392 Å². The van der Waals surface area contributed by atoms with Crippen molar-refractivity contribution in [2.24, 2.45) is 0 Å². The highest BCUT2D eigenvalue weighted by atomic mass is 16.3. The Hall–Kier alpha value is -8.78. The number of hydrogen-bond donors (Lipinski definition) is 0. The molecule has 0 atom stereocenters. The SMILES string of the molecule is c1ccc(C2(c3ccccc3)c3c(ccc4cc(-c5c6ccccc6c(-c6ccc7oc8ccc9ccccc9c8c7c6)c6ccccc56)ccc34)-c3c2c2ccccc2c2ccccc32)cc1. The van der Waals surface area contributed by atoms with Gasteiger partial charge in [0.05, 0.1) is 5.41 Å². The van der Waals surface area contributed by atoms with Crippen molar-refractivity contribution < 1.29 is 4.42 Å². The first-order valence-corrected chi connectivity index (χ1v) is 23.7. The lowest BCUT2D eigenvalue weighted by Gasteiger charge is -2.35. The summed E-state index contributed by atoms with van der Waals surface area (Å²) >= 11 is 0. The highest BCUT2D eigenvalue weighted by Crippen LogP contribution is 2.62. The van der Waals surface area contributed by atoms with Gasteiger partial charge in [0.15, 0.2) is 0 Å². The number of benzene rings is 13. The first-order chi connectivity index (χ1) is 33.8. The molecule has 0 saturated heterocycles. The average Bonchev–Trinajstić information content (AvgIpc) is 3.95. The maximum Gasteiger partial charge on any atom is 0.136 e. The minimum atomic E-state index is -0.591. The predicted molar refractivity (Wildman–Crippen MR) is 287 cm³/mol. The van der Waals surface area contributed by atoms with Crippen molar-refractivity contribution in [3.05, 3.63) is 265 Å². The minimum Gasteiger partial charge on any atom is -0.456 e. The Balaban J connectivity index is 1.01. The summed E-state index contributed by atoms with van der Waals surface area (Å²) in [7, 11) is 0. The van der Waals surface area contributed by atoms with Crippen molar-refractivity contribution in [1.82, 2.24) is 0 Å². The van der Waals surface area contributed by atoms with E-state index >= 15 is 0 Å². The summed E-state index contributed by atoms with van der Waals surface area (Å²) in [5.74, 6) is 0. The lowest BCUT2D eigenvalue weighted by atomic mass is 9.65. The molecule has 1 aromatic heterocycles. The van der Waals surface area contributed by atoms with E-state index in [0.29, 0.717) is 0 Å². The van der Waals surface area contributed by atoms with Gasteiger partial charge in [-0.25, -0.2) is 0 Å². The Kier molecular flexibility index (Phi) is 7.77. The quantitative estimate of drug-likeness (QED) is 0.127. The molecule has 0 saturated carbocycles. The van der Waals surface area contributed by atoms with Crippen LogP contribution in [0.5, 0.6) is 0 Å². The molecule has 0 spiro atoms. The number of fused-ring (bicyclic) bond motifs is 17. The molecule has 1 nitrogen and oxygen atoms in total. The zero-order valence-corrected chi connectivity index (χ0v) is 37.0. The summed E-state index contributed by atoms with van der Waals surface area (Å²) in [5.41, 5.74) is 14.0. The van der Waals surface area contributed by atoms with Crippen molar-refractivity contribution >= 4 is 86.6 Å². The van der Waals surface area contributed by atoms with Gasteiger partial charge in [-0.2, -0.15) is 0 Å². The molecule has 0 N–H and O–H groups in total. The van der Waals surface area contributed by atoms with Crippen LogP contribution in [0.3, 0.4) is 0 Å². The van der Waals surface area contributed by atoms with Crippen LogP contribution >= 0.6 is 0 Å². The number of rotatable bonds is 4. The molecular formula is C67H40O. The average molecular weight is 861 g/mol. The first kappa shape index (κ1) is 37.4. The molecule has 1 aliphatic rings. The minimum absolute atomic E-state index is 0.591. The second kappa shape index (κ2) is 14.1. The summed E-state index contributed by atoms with van der Waals surface area (Å²) in [6, 6.07) is 90.3. The fourth-order valence-electron chi connectivity index (χ4n) is 12.6. The third kappa shape index (κ3) is 5.00. The van der Waals surface area contributed by atoms with Gasteiger partial charge < -0.3 is 4.42 Å². The van der Waals surface area contributed by atoms with Crippen LogP contribution in [0.2, 0.25) is 0 Å². The molecule has 1 heteroatoms. The highest BCUT2D eigenvalue weighted by molar-refractivity contribution is 6.25. The third-order valence-electron chi connectivity index (χ3n) is 15.3. The molecule has 68 heavy (non-hydrogen) atoms. The molecular weight excluding hydrogens is 821 g/mol. The zero-order valence-electron chi connectivity index (χ0n) is 37.0. The molecule has 1 heterocycles. The van der Waals surface area contributed by atoms with E-state index in [0.717, 1.165) is 16.6 Å². The smallest absolute Gasteiger partial charge is 0.136 e. The van der Waals surface area contributed by atoms with Gasteiger partial charge in [-0.15, -0.1) is 0 Å². The second-order valence-electron chi connectivity index (χ2n) is 18.6. The maximum absolute atomic E-state index is 6.49. The first-order valence-electron chi connectivity index (χ1n) is 23.7. The highest BCUT2D eigenvalue weighted by Gasteiger charge is 2.49. The van der Waals surface area contributed by atoms with Crippen LogP contribution in [0, 0.1) is 0 Å². The van der Waals surface area contributed by atoms with Gasteiger partial charge in [0.25, 0.3) is 0 Å². The van der Waals surface area contributed by atoms with Gasteiger partial charge in [0, 0.05) is 10.8 Å². The summed E-state index contributed by atoms with van der Waals surface area (Å²) in [6.45, 7) is 0. The van der Waals surface area contributed by atoms with E-state index < -0.39 is 5.41 Å². The maximum atomic E-state index is 6.49. The topological polar surface area (TPSA) is 13.1 Å². The van der Waals surface area contributed by atoms with Gasteiger partial charge in [-0.05, 0) is 145 Å². The molecule has 14 aromatic rings. The molecule has 0 radical (unpaired) electrons. The zero-order chi connectivity index (χ0) is 44.5. The van der Waals surface area contributed by atoms with Crippen molar-refractivity contribution in [2.75, 3.05) is 0 Å². The monoisotopic (exact) mass is 860 g/mol. The summed E-state index contributed by atoms with van der Waals surface area (Å²) < 4.78 is 6.49. The predicted octanol–water partition coefficient (Wildman–Crippen LogP) is 18.2. The standard InChI is InChI=1S/C67H40O/c1-3-18-45(19-4-1)67(46-20-5-2-6-21-46)65-48-35-32-43(39-42(48)31-36-57(65)64-51-25-11-9-23-49(51)50-24-10-16-30-56(50)66(64)67)61-52-26-12-14-28-54(52)62(55-29-15-13-27-53(55)61)44-34-37-59-58(40-44)63-47-22-8-7-17-41(47)33-38-60(63)68-59/h1-40H. The Morgan fingerprint density at radius 2 is 0.735 bits per heavy atom. The molecule has 15 rings (SSSR count). The Morgan fingerprint density at radius 3 is 1.37 bits per heavy atom. The molecule has 1 aliphatic carbocycles. The van der Waals surface area contributed by atoms with Crippen LogP contribution in [0.4, 0.5) is 0 Å². The van der Waals surface area contributed by atoms with E-state index in [-0.39, 0.29) is 0 Å². The molecule has 0 amide bonds. The lowest BCUT2D eigenvalue weighted by molar-refractivity contribution is 0.669. The fourth-order valence-corrected chi connectivity index (χ4v) is 12.6. The Morgan fingerprint density at radius 1 is 0.265 bits per heavy atom. The van der Waals surface area contributed by atoms with E-state index in [9.17, 15) is 0 Å². The fraction of sp³-hybridized carbons (Fsp3) is 0.0149. The summed E-state index contributed by atoms with van der Waals surface area (Å²) in [5, 5.41) is 17.3. The van der Waals surface area contributed by atoms with Gasteiger partial charge in [-0.1, -0.05) is 218 Å². The normalized spacial score (nSPS) is 13.1. The van der Waals surface area contributed by atoms with Crippen LogP contribution in [-0.2, 0) is 5.41 Å². The van der Waals surface area contributed by atoms with Crippen molar-refractivity contribution in [3.63, 3.8) is 0 Å². The van der Waals surface area contributed by atoms with Gasteiger partial charge in [-0.3, -0.25) is 0 Å². The van der Waals surface area contributed by atoms with Crippen LogP contribution in [0.1, 0.15) is 22.3 Å². The van der Waals surface area contributed by atoms with Crippen LogP contribution in [0.15, 0.2) is 247 Å². The largest absolute Gasteiger partial charge is 0.456 e. The third-order valence-corrected chi connectivity index (χ3v) is 15.3. The van der Waals surface area contributed by atoms with Crippen molar-refractivity contribution in [3.8, 4) is 33.4 Å². The van der Waals surface area contributed by atoms with E-state index in [1.807, 2.05) is 0 Å². The molecule has 0 unspecified atom stereocenters. The van der Waals surface area contributed by atoms with Gasteiger partial charge >= 0.3 is 0 Å². The lowest BCUT2D eigenvalue weighted by Crippen LogP contribution is -2.29. The molecule has 0 bridgehead atoms. The van der Waals surface area contributed by atoms with Crippen LogP contribution < -0.4 is 0 Å². The second-order valence-corrected chi connectivity index (χ2v) is 18.6. The van der Waals surface area contributed by atoms with Crippen LogP contribution in [0.25, 0.3) is 120 Å². The van der Waals surface area contributed by atoms with E-state index in [1.54, 1.807) is 0 Å². The summed E-state index contributed by atoms with van der Waals surface area (Å²) in [6.07, 6.45) is 0. The Bertz CT molecular complexity index is 4330. The number of hydrogen-bond acceptors (Lipinski definition) is 1. The molecule has 314 valence electrons. The van der Waals surface area contributed by atoms with Gasteiger partial charge in [0.1, 0.15) is 11.2 Å². The molecule has 13 aromatic carbocycles. The van der Waals surface area contributed by atoms with E-state index in [4.69, 9.17) is 4.42 Å². The van der Waals surface area contributed by atoms with Crippen molar-refractivity contribution in [2.45, 2.75) is 5.41 Å². The summed E-state index contributed by atoms with van der Waals surface area (Å²) in [4.78, 5) is 0. The number of furan rings is 1. The van der Waals surface area contributed by atoms with Crippen molar-refractivity contribution in [1.29, 1.82) is 0 Å².